The Kier molecular flexibility index (Phi) is 6.68. The largest absolute Gasteiger partial charge is 0.463 e. The topological polar surface area (TPSA) is 63.9 Å². The number of rotatable bonds is 5. The molecule has 0 aliphatic carbocycles. The average Bonchev–Trinajstić information content (AvgIpc) is 3.19. The maximum absolute atomic E-state index is 13.6. The minimum Gasteiger partial charge on any atom is -0.463 e. The van der Waals surface area contributed by atoms with Gasteiger partial charge in [-0.1, -0.05) is 53.8 Å². The Labute approximate surface area is 208 Å². The molecular weight excluding hydrogens is 458 g/mol. The van der Waals surface area contributed by atoms with E-state index in [-0.39, 0.29) is 12.2 Å². The maximum Gasteiger partial charge on any atom is 0.338 e. The quantitative estimate of drug-likeness (QED) is 0.514. The lowest BCUT2D eigenvalue weighted by Gasteiger charge is -2.28. The molecular formula is C28H29N3O3S. The predicted octanol–water partition coefficient (Wildman–Crippen LogP) is 3.79. The summed E-state index contributed by atoms with van der Waals surface area (Å²) < 4.78 is 7.56. The van der Waals surface area contributed by atoms with Crippen molar-refractivity contribution < 1.29 is 9.53 Å². The number of hydrogen-bond acceptors (Lipinski definition) is 6. The molecule has 0 spiro atoms. The van der Waals surface area contributed by atoms with Gasteiger partial charge in [-0.05, 0) is 62.4 Å². The van der Waals surface area contributed by atoms with Crippen LogP contribution in [0.25, 0.3) is 6.08 Å². The van der Waals surface area contributed by atoms with Crippen LogP contribution in [0, 0.1) is 0 Å². The van der Waals surface area contributed by atoms with Crippen LogP contribution in [0.15, 0.2) is 75.7 Å². The normalized spacial score (nSPS) is 18.3. The Morgan fingerprint density at radius 3 is 2.49 bits per heavy atom. The molecule has 0 amide bonds. The van der Waals surface area contributed by atoms with E-state index in [9.17, 15) is 9.59 Å². The van der Waals surface area contributed by atoms with Gasteiger partial charge in [0.05, 0.1) is 28.5 Å². The van der Waals surface area contributed by atoms with E-state index in [4.69, 9.17) is 4.74 Å². The number of thiazole rings is 1. The van der Waals surface area contributed by atoms with Crippen molar-refractivity contribution in [3.05, 3.63) is 96.7 Å². The number of carbonyl (C=O) groups excluding carboxylic acids is 1. The fraction of sp³-hybridized carbons (Fsp3) is 0.321. The number of piperidine rings is 1. The van der Waals surface area contributed by atoms with Crippen LogP contribution in [0.5, 0.6) is 0 Å². The zero-order chi connectivity index (χ0) is 24.4. The molecule has 7 heteroatoms. The molecule has 2 aromatic carbocycles. The molecule has 1 aromatic heterocycles. The van der Waals surface area contributed by atoms with Crippen molar-refractivity contribution in [3.8, 4) is 0 Å². The Balaban J connectivity index is 1.57. The fourth-order valence-corrected chi connectivity index (χ4v) is 5.87. The van der Waals surface area contributed by atoms with Gasteiger partial charge in [-0.15, -0.1) is 0 Å². The van der Waals surface area contributed by atoms with Crippen LogP contribution >= 0.6 is 11.3 Å². The highest BCUT2D eigenvalue weighted by molar-refractivity contribution is 7.07. The summed E-state index contributed by atoms with van der Waals surface area (Å²) >= 11 is 1.35. The molecule has 0 bridgehead atoms. The van der Waals surface area contributed by atoms with E-state index in [0.29, 0.717) is 20.6 Å². The van der Waals surface area contributed by atoms with Gasteiger partial charge < -0.3 is 9.64 Å². The summed E-state index contributed by atoms with van der Waals surface area (Å²) in [4.78, 5) is 34.2. The van der Waals surface area contributed by atoms with E-state index in [1.165, 1.54) is 36.3 Å². The summed E-state index contributed by atoms with van der Waals surface area (Å²) in [5.41, 5.74) is 3.87. The van der Waals surface area contributed by atoms with E-state index in [0.717, 1.165) is 24.2 Å². The number of ether oxygens (including phenoxy) is 1. The van der Waals surface area contributed by atoms with Gasteiger partial charge in [-0.25, -0.2) is 9.79 Å². The maximum atomic E-state index is 13.6. The van der Waals surface area contributed by atoms with Crippen molar-refractivity contribution in [2.24, 2.45) is 4.99 Å². The molecule has 2 aliphatic heterocycles. The van der Waals surface area contributed by atoms with Crippen molar-refractivity contribution in [1.82, 2.24) is 4.57 Å². The second-order valence-corrected chi connectivity index (χ2v) is 9.86. The van der Waals surface area contributed by atoms with E-state index in [1.54, 1.807) is 18.4 Å². The number of anilines is 1. The van der Waals surface area contributed by atoms with Crippen molar-refractivity contribution in [1.29, 1.82) is 0 Å². The van der Waals surface area contributed by atoms with Crippen LogP contribution in [-0.2, 0) is 9.53 Å². The van der Waals surface area contributed by atoms with Gasteiger partial charge in [0, 0.05) is 18.8 Å². The molecule has 1 fully saturated rings. The number of fused-ring (bicyclic) bond motifs is 1. The summed E-state index contributed by atoms with van der Waals surface area (Å²) in [6.07, 6.45) is 5.68. The zero-order valence-corrected chi connectivity index (χ0v) is 20.9. The lowest BCUT2D eigenvalue weighted by molar-refractivity contribution is -0.139. The monoisotopic (exact) mass is 487 g/mol. The highest BCUT2D eigenvalue weighted by Gasteiger charge is 2.33. The van der Waals surface area contributed by atoms with Crippen LogP contribution in [0.1, 0.15) is 50.3 Å². The lowest BCUT2D eigenvalue weighted by Crippen LogP contribution is -2.39. The van der Waals surface area contributed by atoms with Gasteiger partial charge >= 0.3 is 5.97 Å². The summed E-state index contributed by atoms with van der Waals surface area (Å²) in [5.74, 6) is -0.440. The number of carbonyl (C=O) groups is 1. The first-order valence-corrected chi connectivity index (χ1v) is 13.0. The predicted molar refractivity (Wildman–Crippen MR) is 139 cm³/mol. The van der Waals surface area contributed by atoms with E-state index < -0.39 is 12.0 Å². The summed E-state index contributed by atoms with van der Waals surface area (Å²) in [5, 5.41) is 0. The first kappa shape index (κ1) is 23.3. The Morgan fingerprint density at radius 1 is 1.09 bits per heavy atom. The third-order valence-electron chi connectivity index (χ3n) is 6.54. The van der Waals surface area contributed by atoms with Gasteiger partial charge in [0.2, 0.25) is 0 Å². The molecule has 0 unspecified atom stereocenters. The molecule has 6 nitrogen and oxygen atoms in total. The van der Waals surface area contributed by atoms with Gasteiger partial charge in [0.1, 0.15) is 0 Å². The number of allylic oxidation sites excluding steroid dienone is 1. The van der Waals surface area contributed by atoms with Gasteiger partial charge in [-0.3, -0.25) is 9.36 Å². The standard InChI is InChI=1S/C28H29N3O3S/c1-3-34-27(33)24-19(2)29-28-31(25(24)21-10-6-4-7-11-21)26(32)23(35-28)18-20-12-14-22(15-13-20)30-16-8-5-9-17-30/h4,6-7,10-15,18,25H,3,5,8-9,16-17H2,1-2H3/b23-18+/t25-/m1/s1. The Morgan fingerprint density at radius 2 is 1.80 bits per heavy atom. The summed E-state index contributed by atoms with van der Waals surface area (Å²) in [6, 6.07) is 17.4. The van der Waals surface area contributed by atoms with Crippen molar-refractivity contribution >= 4 is 29.1 Å². The fourth-order valence-electron chi connectivity index (χ4n) is 4.83. The van der Waals surface area contributed by atoms with Crippen LogP contribution in [0.4, 0.5) is 5.69 Å². The molecule has 1 atom stereocenters. The van der Waals surface area contributed by atoms with Crippen molar-refractivity contribution in [2.75, 3.05) is 24.6 Å². The molecule has 0 N–H and O–H groups in total. The molecule has 5 rings (SSSR count). The lowest BCUT2D eigenvalue weighted by atomic mass is 9.96. The number of benzene rings is 2. The van der Waals surface area contributed by atoms with Crippen molar-refractivity contribution in [2.45, 2.75) is 39.2 Å². The highest BCUT2D eigenvalue weighted by atomic mass is 32.1. The summed E-state index contributed by atoms with van der Waals surface area (Å²) in [6.45, 7) is 6.03. The average molecular weight is 488 g/mol. The molecule has 0 saturated carbocycles. The van der Waals surface area contributed by atoms with Crippen LogP contribution < -0.4 is 19.8 Å². The van der Waals surface area contributed by atoms with E-state index >= 15 is 0 Å². The third kappa shape index (κ3) is 4.60. The number of hydrogen-bond donors (Lipinski definition) is 0. The molecule has 3 heterocycles. The molecule has 35 heavy (non-hydrogen) atoms. The SMILES string of the molecule is CCOC(=O)C1=C(C)N=c2s/c(=C/c3ccc(N4CCCCC4)cc3)c(=O)n2[C@@H]1c1ccccc1. The number of nitrogens with zero attached hydrogens (tertiary/aromatic N) is 3. The Hall–Kier alpha value is -3.45. The first-order valence-electron chi connectivity index (χ1n) is 12.2. The number of esters is 1. The second kappa shape index (κ2) is 10.0. The van der Waals surface area contributed by atoms with Gasteiger partial charge in [0.15, 0.2) is 4.80 Å². The van der Waals surface area contributed by atoms with Crippen LogP contribution in [0.2, 0.25) is 0 Å². The third-order valence-corrected chi connectivity index (χ3v) is 7.53. The smallest absolute Gasteiger partial charge is 0.338 e. The van der Waals surface area contributed by atoms with Crippen LogP contribution in [0.3, 0.4) is 0 Å². The van der Waals surface area contributed by atoms with Gasteiger partial charge in [-0.2, -0.15) is 0 Å². The molecule has 0 radical (unpaired) electrons. The van der Waals surface area contributed by atoms with Crippen molar-refractivity contribution in [3.63, 3.8) is 0 Å². The van der Waals surface area contributed by atoms with Crippen LogP contribution in [-0.4, -0.2) is 30.2 Å². The first-order chi connectivity index (χ1) is 17.1. The number of aromatic nitrogens is 1. The van der Waals surface area contributed by atoms with Gasteiger partial charge in [0.25, 0.3) is 5.56 Å². The molecule has 180 valence electrons. The zero-order valence-electron chi connectivity index (χ0n) is 20.1. The molecule has 1 saturated heterocycles. The molecule has 3 aromatic rings. The minimum absolute atomic E-state index is 0.156. The Bertz CT molecular complexity index is 1430. The summed E-state index contributed by atoms with van der Waals surface area (Å²) in [7, 11) is 0. The van der Waals surface area contributed by atoms with E-state index in [1.807, 2.05) is 36.4 Å². The highest BCUT2D eigenvalue weighted by Crippen LogP contribution is 2.30. The minimum atomic E-state index is -0.574. The van der Waals surface area contributed by atoms with E-state index in [2.05, 4.69) is 34.2 Å². The molecule has 2 aliphatic rings. The second-order valence-electron chi connectivity index (χ2n) is 8.85.